The molecule has 18 heavy (non-hydrogen) atoms. The average Bonchev–Trinajstić information content (AvgIpc) is 2.25. The van der Waals surface area contributed by atoms with Crippen LogP contribution in [0.1, 0.15) is 27.2 Å². The molecule has 0 fully saturated rings. The molecule has 0 aromatic carbocycles. The molecule has 1 atom stereocenters. The van der Waals surface area contributed by atoms with E-state index in [1.165, 1.54) is 0 Å². The van der Waals surface area contributed by atoms with Gasteiger partial charge in [0.1, 0.15) is 6.04 Å². The van der Waals surface area contributed by atoms with E-state index >= 15 is 0 Å². The summed E-state index contributed by atoms with van der Waals surface area (Å²) in [5, 5.41) is 13.6. The summed E-state index contributed by atoms with van der Waals surface area (Å²) in [6, 6.07) is -1.56. The maximum Gasteiger partial charge on any atom is 0.326 e. The number of carboxylic acid groups (broad SMARTS) is 1. The predicted molar refractivity (Wildman–Crippen MR) is 64.0 cm³/mol. The van der Waals surface area contributed by atoms with Gasteiger partial charge in [0.05, 0.1) is 13.0 Å². The van der Waals surface area contributed by atoms with Crippen LogP contribution >= 0.6 is 0 Å². The molecule has 0 heterocycles. The molecule has 0 aliphatic rings. The summed E-state index contributed by atoms with van der Waals surface area (Å²) >= 11 is 0. The lowest BCUT2D eigenvalue weighted by Crippen LogP contribution is -2.48. The number of carbonyl (C=O) groups excluding carboxylic acids is 2. The molecule has 0 spiro atoms. The zero-order valence-corrected chi connectivity index (χ0v) is 10.9. The molecule has 3 N–H and O–H groups in total. The molecule has 2 amide bonds. The van der Waals surface area contributed by atoms with Crippen molar-refractivity contribution in [2.45, 2.75) is 33.2 Å². The van der Waals surface area contributed by atoms with E-state index in [-0.39, 0.29) is 18.9 Å². The molecule has 0 aromatic heterocycles. The van der Waals surface area contributed by atoms with Gasteiger partial charge in [-0.2, -0.15) is 0 Å². The summed E-state index contributed by atoms with van der Waals surface area (Å²) in [4.78, 5) is 33.2. The van der Waals surface area contributed by atoms with Gasteiger partial charge < -0.3 is 20.5 Å². The third-order valence-corrected chi connectivity index (χ3v) is 2.14. The van der Waals surface area contributed by atoms with Crippen molar-refractivity contribution in [1.82, 2.24) is 10.6 Å². The number of ether oxygens (including phenoxy) is 1. The lowest BCUT2D eigenvalue weighted by atomic mass is 10.1. The SMILES string of the molecule is CCOC(=O)CCNC(=O)N[C@@H](C(=O)O)C(C)C. The number of carboxylic acids is 1. The number of esters is 1. The first-order valence-electron chi connectivity index (χ1n) is 5.81. The van der Waals surface area contributed by atoms with Crippen molar-refractivity contribution in [1.29, 1.82) is 0 Å². The minimum Gasteiger partial charge on any atom is -0.480 e. The summed E-state index contributed by atoms with van der Waals surface area (Å²) in [6.45, 7) is 5.47. The summed E-state index contributed by atoms with van der Waals surface area (Å²) < 4.78 is 4.68. The third-order valence-electron chi connectivity index (χ3n) is 2.14. The van der Waals surface area contributed by atoms with E-state index in [0.717, 1.165) is 0 Å². The fraction of sp³-hybridized carbons (Fsp3) is 0.727. The van der Waals surface area contributed by atoms with E-state index in [9.17, 15) is 14.4 Å². The van der Waals surface area contributed by atoms with Crippen LogP contribution in [0.25, 0.3) is 0 Å². The first-order valence-corrected chi connectivity index (χ1v) is 5.81. The summed E-state index contributed by atoms with van der Waals surface area (Å²) in [5.74, 6) is -1.72. The Balaban J connectivity index is 3.96. The molecule has 0 rings (SSSR count). The van der Waals surface area contributed by atoms with Gasteiger partial charge in [-0.05, 0) is 12.8 Å². The van der Waals surface area contributed by atoms with Crippen LogP contribution in [0.3, 0.4) is 0 Å². The number of hydrogen-bond donors (Lipinski definition) is 3. The lowest BCUT2D eigenvalue weighted by Gasteiger charge is -2.18. The van der Waals surface area contributed by atoms with Crippen LogP contribution in [-0.4, -0.2) is 42.3 Å². The van der Waals surface area contributed by atoms with Gasteiger partial charge in [-0.25, -0.2) is 9.59 Å². The summed E-state index contributed by atoms with van der Waals surface area (Å²) in [7, 11) is 0. The predicted octanol–water partition coefficient (Wildman–Crippen LogP) is 0.348. The molecule has 0 aliphatic carbocycles. The maximum atomic E-state index is 11.4. The number of aliphatic carboxylic acids is 1. The smallest absolute Gasteiger partial charge is 0.326 e. The van der Waals surface area contributed by atoms with Gasteiger partial charge in [0.15, 0.2) is 0 Å². The van der Waals surface area contributed by atoms with Gasteiger partial charge in [0, 0.05) is 6.54 Å². The van der Waals surface area contributed by atoms with Crippen LogP contribution in [0, 0.1) is 5.92 Å². The van der Waals surface area contributed by atoms with Crippen molar-refractivity contribution in [2.75, 3.05) is 13.2 Å². The first kappa shape index (κ1) is 16.2. The monoisotopic (exact) mass is 260 g/mol. The van der Waals surface area contributed by atoms with Gasteiger partial charge >= 0.3 is 18.0 Å². The number of hydrogen-bond acceptors (Lipinski definition) is 4. The van der Waals surface area contributed by atoms with Gasteiger partial charge in [0.25, 0.3) is 0 Å². The van der Waals surface area contributed by atoms with Crippen molar-refractivity contribution in [3.63, 3.8) is 0 Å². The first-order chi connectivity index (χ1) is 8.38. The van der Waals surface area contributed by atoms with E-state index in [0.29, 0.717) is 6.61 Å². The molecule has 7 heteroatoms. The highest BCUT2D eigenvalue weighted by atomic mass is 16.5. The zero-order valence-electron chi connectivity index (χ0n) is 10.9. The summed E-state index contributed by atoms with van der Waals surface area (Å²) in [6.07, 6.45) is 0.0562. The van der Waals surface area contributed by atoms with Gasteiger partial charge in [-0.3, -0.25) is 4.79 Å². The van der Waals surface area contributed by atoms with E-state index < -0.39 is 24.0 Å². The average molecular weight is 260 g/mol. The molecular weight excluding hydrogens is 240 g/mol. The van der Waals surface area contributed by atoms with Crippen LogP contribution in [-0.2, 0) is 14.3 Å². The van der Waals surface area contributed by atoms with Crippen molar-refractivity contribution in [3.8, 4) is 0 Å². The Morgan fingerprint density at radius 2 is 1.89 bits per heavy atom. The highest BCUT2D eigenvalue weighted by molar-refractivity contribution is 5.82. The number of amides is 2. The Labute approximate surface area is 106 Å². The normalized spacial score (nSPS) is 11.8. The molecule has 0 bridgehead atoms. The van der Waals surface area contributed by atoms with Crippen LogP contribution in [0.5, 0.6) is 0 Å². The molecule has 0 saturated carbocycles. The fourth-order valence-corrected chi connectivity index (χ4v) is 1.22. The molecular formula is C11H20N2O5. The van der Waals surface area contributed by atoms with Crippen molar-refractivity contribution in [2.24, 2.45) is 5.92 Å². The third kappa shape index (κ3) is 6.72. The van der Waals surface area contributed by atoms with Crippen molar-refractivity contribution in [3.05, 3.63) is 0 Å². The molecule has 0 saturated heterocycles. The van der Waals surface area contributed by atoms with E-state index in [1.54, 1.807) is 20.8 Å². The van der Waals surface area contributed by atoms with Gasteiger partial charge in [0.2, 0.25) is 0 Å². The standard InChI is InChI=1S/C11H20N2O5/c1-4-18-8(14)5-6-12-11(17)13-9(7(2)3)10(15)16/h7,9H,4-6H2,1-3H3,(H,15,16)(H2,12,13,17)/t9-/m1/s1. The highest BCUT2D eigenvalue weighted by Gasteiger charge is 2.23. The second-order valence-corrected chi connectivity index (χ2v) is 4.02. The minimum absolute atomic E-state index is 0.0562. The maximum absolute atomic E-state index is 11.4. The second kappa shape index (κ2) is 8.32. The minimum atomic E-state index is -1.09. The number of carbonyl (C=O) groups is 3. The van der Waals surface area contributed by atoms with E-state index in [4.69, 9.17) is 5.11 Å². The van der Waals surface area contributed by atoms with Crippen LogP contribution in [0.4, 0.5) is 4.79 Å². The second-order valence-electron chi connectivity index (χ2n) is 4.02. The molecule has 0 radical (unpaired) electrons. The van der Waals surface area contributed by atoms with Crippen LogP contribution in [0.2, 0.25) is 0 Å². The zero-order chi connectivity index (χ0) is 14.1. The van der Waals surface area contributed by atoms with Crippen LogP contribution in [0.15, 0.2) is 0 Å². The number of nitrogens with one attached hydrogen (secondary N) is 2. The Morgan fingerprint density at radius 1 is 1.28 bits per heavy atom. The quantitative estimate of drug-likeness (QED) is 0.573. The molecule has 104 valence electrons. The Kier molecular flexibility index (Phi) is 7.50. The Bertz CT molecular complexity index is 304. The molecule has 0 aromatic rings. The topological polar surface area (TPSA) is 105 Å². The van der Waals surface area contributed by atoms with Crippen LogP contribution < -0.4 is 10.6 Å². The van der Waals surface area contributed by atoms with Crippen molar-refractivity contribution < 1.29 is 24.2 Å². The summed E-state index contributed by atoms with van der Waals surface area (Å²) in [5.41, 5.74) is 0. The fourth-order valence-electron chi connectivity index (χ4n) is 1.22. The molecule has 7 nitrogen and oxygen atoms in total. The lowest BCUT2D eigenvalue weighted by molar-refractivity contribution is -0.143. The molecule has 0 unspecified atom stereocenters. The van der Waals surface area contributed by atoms with Gasteiger partial charge in [-0.15, -0.1) is 0 Å². The van der Waals surface area contributed by atoms with E-state index in [2.05, 4.69) is 15.4 Å². The number of rotatable bonds is 7. The Hall–Kier alpha value is -1.79. The van der Waals surface area contributed by atoms with E-state index in [1.807, 2.05) is 0 Å². The highest BCUT2D eigenvalue weighted by Crippen LogP contribution is 2.01. The Morgan fingerprint density at radius 3 is 2.33 bits per heavy atom. The largest absolute Gasteiger partial charge is 0.480 e. The molecule has 0 aliphatic heterocycles. The van der Waals surface area contributed by atoms with Gasteiger partial charge in [-0.1, -0.05) is 13.8 Å². The number of urea groups is 1. The van der Waals surface area contributed by atoms with Crippen molar-refractivity contribution >= 4 is 18.0 Å².